The minimum Gasteiger partial charge on any atom is -0.444 e. The summed E-state index contributed by atoms with van der Waals surface area (Å²) in [6.07, 6.45) is -1.88. The molecular formula is C16H21F2NO4. The normalized spacial score (nSPS) is 20.3. The van der Waals surface area contributed by atoms with Crippen LogP contribution in [0.1, 0.15) is 32.4 Å². The van der Waals surface area contributed by atoms with Crippen LogP contribution < -0.4 is 0 Å². The predicted octanol–water partition coefficient (Wildman–Crippen LogP) is 2.63. The highest BCUT2D eigenvalue weighted by Crippen LogP contribution is 2.26. The first-order valence-electron chi connectivity index (χ1n) is 7.39. The highest BCUT2D eigenvalue weighted by Gasteiger charge is 2.36. The number of carbonyl (C=O) groups excluding carboxylic acids is 1. The number of carbonyl (C=O) groups is 1. The van der Waals surface area contributed by atoms with E-state index in [2.05, 4.69) is 0 Å². The number of rotatable bonds is 2. The molecule has 1 aliphatic rings. The van der Waals surface area contributed by atoms with Crippen molar-refractivity contribution in [1.82, 2.24) is 4.90 Å². The van der Waals surface area contributed by atoms with Crippen LogP contribution in [-0.2, 0) is 9.47 Å². The zero-order chi connectivity index (χ0) is 17.2. The van der Waals surface area contributed by atoms with E-state index in [0.29, 0.717) is 6.61 Å². The summed E-state index contributed by atoms with van der Waals surface area (Å²) in [5.41, 5.74) is -0.637. The summed E-state index contributed by atoms with van der Waals surface area (Å²) in [7, 11) is 0. The van der Waals surface area contributed by atoms with Crippen LogP contribution >= 0.6 is 0 Å². The van der Waals surface area contributed by atoms with Crippen LogP contribution in [0.3, 0.4) is 0 Å². The molecule has 1 fully saturated rings. The van der Waals surface area contributed by atoms with E-state index in [0.717, 1.165) is 18.2 Å². The molecule has 7 heteroatoms. The third-order valence-electron chi connectivity index (χ3n) is 3.38. The highest BCUT2D eigenvalue weighted by atomic mass is 19.1. The van der Waals surface area contributed by atoms with E-state index in [9.17, 15) is 18.7 Å². The first kappa shape index (κ1) is 17.6. The molecular weight excluding hydrogens is 308 g/mol. The van der Waals surface area contributed by atoms with Gasteiger partial charge in [0.05, 0.1) is 19.3 Å². The topological polar surface area (TPSA) is 59.0 Å². The van der Waals surface area contributed by atoms with Crippen LogP contribution in [0.5, 0.6) is 0 Å². The molecule has 1 N–H and O–H groups in total. The third kappa shape index (κ3) is 4.62. The van der Waals surface area contributed by atoms with Crippen LogP contribution in [-0.4, -0.2) is 47.5 Å². The van der Waals surface area contributed by atoms with Crippen molar-refractivity contribution in [3.8, 4) is 0 Å². The summed E-state index contributed by atoms with van der Waals surface area (Å²) in [6.45, 7) is 5.79. The SMILES string of the molecule is CC(C)(C)OC(=O)N1CCOCC1C(O)c1cc(F)cc(F)c1. The van der Waals surface area contributed by atoms with Gasteiger partial charge < -0.3 is 14.6 Å². The number of hydrogen-bond donors (Lipinski definition) is 1. The molecule has 2 atom stereocenters. The number of benzene rings is 1. The van der Waals surface area contributed by atoms with Gasteiger partial charge in [0, 0.05) is 12.6 Å². The summed E-state index contributed by atoms with van der Waals surface area (Å²) in [4.78, 5) is 13.6. The number of nitrogens with zero attached hydrogens (tertiary/aromatic N) is 1. The van der Waals surface area contributed by atoms with Crippen LogP contribution in [0.2, 0.25) is 0 Å². The Labute approximate surface area is 133 Å². The summed E-state index contributed by atoms with van der Waals surface area (Å²) < 4.78 is 37.3. The lowest BCUT2D eigenvalue weighted by Gasteiger charge is -2.38. The molecule has 0 spiro atoms. The quantitative estimate of drug-likeness (QED) is 0.906. The van der Waals surface area contributed by atoms with Gasteiger partial charge in [-0.2, -0.15) is 0 Å². The Morgan fingerprint density at radius 2 is 1.96 bits per heavy atom. The minimum absolute atomic E-state index is 0.0477. The van der Waals surface area contributed by atoms with E-state index in [4.69, 9.17) is 9.47 Å². The summed E-state index contributed by atoms with van der Waals surface area (Å²) >= 11 is 0. The maximum Gasteiger partial charge on any atom is 0.410 e. The molecule has 1 aliphatic heterocycles. The van der Waals surface area contributed by atoms with E-state index >= 15 is 0 Å². The van der Waals surface area contributed by atoms with E-state index in [-0.39, 0.29) is 18.7 Å². The maximum absolute atomic E-state index is 13.3. The van der Waals surface area contributed by atoms with Gasteiger partial charge in [0.25, 0.3) is 0 Å². The first-order valence-corrected chi connectivity index (χ1v) is 7.39. The Morgan fingerprint density at radius 3 is 2.52 bits per heavy atom. The monoisotopic (exact) mass is 329 g/mol. The molecule has 0 aliphatic carbocycles. The molecule has 0 bridgehead atoms. The molecule has 0 aromatic heterocycles. The number of aliphatic hydroxyl groups is 1. The lowest BCUT2D eigenvalue weighted by Crippen LogP contribution is -2.52. The fourth-order valence-electron chi connectivity index (χ4n) is 2.40. The Morgan fingerprint density at radius 1 is 1.35 bits per heavy atom. The van der Waals surface area contributed by atoms with Crippen molar-refractivity contribution in [3.63, 3.8) is 0 Å². The summed E-state index contributed by atoms with van der Waals surface area (Å²) in [6, 6.07) is 2.02. The Hall–Kier alpha value is -1.73. The van der Waals surface area contributed by atoms with Gasteiger partial charge in [0.1, 0.15) is 23.3 Å². The average Bonchev–Trinajstić information content (AvgIpc) is 2.43. The number of morpholine rings is 1. The second-order valence-electron chi connectivity index (χ2n) is 6.46. The zero-order valence-corrected chi connectivity index (χ0v) is 13.4. The Kier molecular flexibility index (Phi) is 5.21. The van der Waals surface area contributed by atoms with E-state index in [1.54, 1.807) is 20.8 Å². The van der Waals surface area contributed by atoms with Gasteiger partial charge in [-0.1, -0.05) is 0 Å². The molecule has 1 aromatic rings. The smallest absolute Gasteiger partial charge is 0.410 e. The van der Waals surface area contributed by atoms with Crippen molar-refractivity contribution in [2.24, 2.45) is 0 Å². The number of halogens is 2. The lowest BCUT2D eigenvalue weighted by molar-refractivity contribution is -0.0673. The predicted molar refractivity (Wildman–Crippen MR) is 78.9 cm³/mol. The fraction of sp³-hybridized carbons (Fsp3) is 0.562. The van der Waals surface area contributed by atoms with E-state index in [1.807, 2.05) is 0 Å². The van der Waals surface area contributed by atoms with Crippen molar-refractivity contribution >= 4 is 6.09 Å². The highest BCUT2D eigenvalue weighted by molar-refractivity contribution is 5.69. The maximum atomic E-state index is 13.3. The second-order valence-corrected chi connectivity index (χ2v) is 6.46. The molecule has 128 valence electrons. The second kappa shape index (κ2) is 6.80. The summed E-state index contributed by atoms with van der Waals surface area (Å²) in [5.74, 6) is -1.58. The van der Waals surface area contributed by atoms with Gasteiger partial charge in [-0.05, 0) is 38.5 Å². The Balaban J connectivity index is 2.21. The van der Waals surface area contributed by atoms with E-state index in [1.165, 1.54) is 4.90 Å². The van der Waals surface area contributed by atoms with Crippen molar-refractivity contribution < 1.29 is 28.2 Å². The van der Waals surface area contributed by atoms with Crippen LogP contribution in [0, 0.1) is 11.6 Å². The number of amides is 1. The van der Waals surface area contributed by atoms with Gasteiger partial charge in [-0.3, -0.25) is 4.90 Å². The molecule has 0 radical (unpaired) electrons. The van der Waals surface area contributed by atoms with Crippen molar-refractivity contribution in [2.75, 3.05) is 19.8 Å². The number of ether oxygens (including phenoxy) is 2. The molecule has 0 saturated carbocycles. The molecule has 1 aromatic carbocycles. The standard InChI is InChI=1S/C16H21F2NO4/c1-16(2,3)23-15(21)19-4-5-22-9-13(19)14(20)10-6-11(17)8-12(18)7-10/h6-8,13-14,20H,4-5,9H2,1-3H3. The van der Waals surface area contributed by atoms with Crippen molar-refractivity contribution in [2.45, 2.75) is 38.5 Å². The van der Waals surface area contributed by atoms with Gasteiger partial charge in [-0.25, -0.2) is 13.6 Å². The van der Waals surface area contributed by atoms with E-state index < -0.39 is 35.5 Å². The molecule has 2 unspecified atom stereocenters. The van der Waals surface area contributed by atoms with Crippen LogP contribution in [0.4, 0.5) is 13.6 Å². The largest absolute Gasteiger partial charge is 0.444 e. The molecule has 1 heterocycles. The molecule has 23 heavy (non-hydrogen) atoms. The first-order chi connectivity index (χ1) is 10.7. The molecule has 1 amide bonds. The fourth-order valence-corrected chi connectivity index (χ4v) is 2.40. The molecule has 5 nitrogen and oxygen atoms in total. The van der Waals surface area contributed by atoms with Gasteiger partial charge in [0.2, 0.25) is 0 Å². The Bertz CT molecular complexity index is 553. The van der Waals surface area contributed by atoms with Gasteiger partial charge in [0.15, 0.2) is 0 Å². The van der Waals surface area contributed by atoms with Crippen molar-refractivity contribution in [3.05, 3.63) is 35.4 Å². The third-order valence-corrected chi connectivity index (χ3v) is 3.38. The van der Waals surface area contributed by atoms with Crippen LogP contribution in [0.15, 0.2) is 18.2 Å². The summed E-state index contributed by atoms with van der Waals surface area (Å²) in [5, 5.41) is 10.4. The minimum atomic E-state index is -1.28. The van der Waals surface area contributed by atoms with Crippen LogP contribution in [0.25, 0.3) is 0 Å². The number of hydrogen-bond acceptors (Lipinski definition) is 4. The van der Waals surface area contributed by atoms with Crippen molar-refractivity contribution in [1.29, 1.82) is 0 Å². The van der Waals surface area contributed by atoms with Gasteiger partial charge >= 0.3 is 6.09 Å². The zero-order valence-electron chi connectivity index (χ0n) is 13.4. The average molecular weight is 329 g/mol. The van der Waals surface area contributed by atoms with Gasteiger partial charge in [-0.15, -0.1) is 0 Å². The number of aliphatic hydroxyl groups excluding tert-OH is 1. The lowest BCUT2D eigenvalue weighted by atomic mass is 10.0. The molecule has 1 saturated heterocycles. The molecule has 2 rings (SSSR count).